The number of hydrogen-bond acceptors (Lipinski definition) is 3. The molecule has 2 rings (SSSR count). The molecule has 0 radical (unpaired) electrons. The summed E-state index contributed by atoms with van der Waals surface area (Å²) in [6, 6.07) is 5.16. The summed E-state index contributed by atoms with van der Waals surface area (Å²) in [5.41, 5.74) is 0. The summed E-state index contributed by atoms with van der Waals surface area (Å²) in [5, 5.41) is 3.16. The fourth-order valence-corrected chi connectivity index (χ4v) is 5.64. The molecule has 1 aromatic rings. The van der Waals surface area contributed by atoms with Crippen molar-refractivity contribution in [2.45, 2.75) is 17.7 Å². The molecule has 1 aliphatic rings. The zero-order valence-electron chi connectivity index (χ0n) is 11.3. The van der Waals surface area contributed by atoms with E-state index in [9.17, 15) is 8.42 Å². The van der Waals surface area contributed by atoms with Crippen molar-refractivity contribution in [3.63, 3.8) is 0 Å². The third kappa shape index (κ3) is 3.62. The van der Waals surface area contributed by atoms with Gasteiger partial charge >= 0.3 is 0 Å². The molecule has 7 heteroatoms. The van der Waals surface area contributed by atoms with Gasteiger partial charge in [-0.15, -0.1) is 0 Å². The van der Waals surface area contributed by atoms with E-state index in [1.54, 1.807) is 22.5 Å². The molecule has 0 aliphatic carbocycles. The van der Waals surface area contributed by atoms with Crippen LogP contribution in [0.3, 0.4) is 0 Å². The Kier molecular flexibility index (Phi) is 5.64. The van der Waals surface area contributed by atoms with Crippen molar-refractivity contribution in [3.8, 4) is 0 Å². The highest BCUT2D eigenvalue weighted by Crippen LogP contribution is 2.30. The molecular weight excluding hydrogens is 408 g/mol. The minimum absolute atomic E-state index is 0.341. The van der Waals surface area contributed by atoms with Gasteiger partial charge in [0, 0.05) is 22.0 Å². The molecule has 0 saturated carbocycles. The Morgan fingerprint density at radius 3 is 2.50 bits per heavy atom. The van der Waals surface area contributed by atoms with Crippen LogP contribution in [-0.4, -0.2) is 39.4 Å². The largest absolute Gasteiger partial charge is 0.319 e. The number of rotatable bonds is 4. The second-order valence-electron chi connectivity index (χ2n) is 4.98. The van der Waals surface area contributed by atoms with Gasteiger partial charge in [0.2, 0.25) is 10.0 Å². The van der Waals surface area contributed by atoms with E-state index in [2.05, 4.69) is 37.2 Å². The molecule has 0 bridgehead atoms. The second-order valence-corrected chi connectivity index (χ2v) is 8.66. The lowest BCUT2D eigenvalue weighted by atomic mass is 9.98. The van der Waals surface area contributed by atoms with Crippen LogP contribution >= 0.6 is 31.9 Å². The molecule has 1 fully saturated rings. The van der Waals surface area contributed by atoms with Crippen LogP contribution in [0, 0.1) is 5.92 Å². The smallest absolute Gasteiger partial charge is 0.244 e. The molecule has 4 nitrogen and oxygen atoms in total. The minimum atomic E-state index is -3.40. The molecule has 1 heterocycles. The first-order chi connectivity index (χ1) is 9.45. The maximum Gasteiger partial charge on any atom is 0.244 e. The van der Waals surface area contributed by atoms with E-state index in [1.165, 1.54) is 0 Å². The van der Waals surface area contributed by atoms with E-state index < -0.39 is 10.0 Å². The average Bonchev–Trinajstić information content (AvgIpc) is 2.39. The standard InChI is InChI=1S/C13H18Br2N2O2S/c1-16-9-10-4-6-17(7-5-10)20(18,19)13-3-2-11(14)8-12(13)15/h2-3,8,10,16H,4-7,9H2,1H3. The van der Waals surface area contributed by atoms with Crippen molar-refractivity contribution in [3.05, 3.63) is 27.1 Å². The molecule has 0 atom stereocenters. The Labute approximate surface area is 137 Å². The Morgan fingerprint density at radius 2 is 1.95 bits per heavy atom. The molecule has 0 unspecified atom stereocenters. The van der Waals surface area contributed by atoms with Crippen molar-refractivity contribution in [1.82, 2.24) is 9.62 Å². The fraction of sp³-hybridized carbons (Fsp3) is 0.538. The lowest BCUT2D eigenvalue weighted by Gasteiger charge is -2.31. The number of halogens is 2. The lowest BCUT2D eigenvalue weighted by Crippen LogP contribution is -2.40. The van der Waals surface area contributed by atoms with Gasteiger partial charge in [0.15, 0.2) is 0 Å². The molecule has 1 aliphatic heterocycles. The molecule has 0 amide bonds. The van der Waals surface area contributed by atoms with E-state index in [-0.39, 0.29) is 0 Å². The first-order valence-corrected chi connectivity index (χ1v) is 9.57. The summed E-state index contributed by atoms with van der Waals surface area (Å²) >= 11 is 6.68. The maximum absolute atomic E-state index is 12.6. The van der Waals surface area contributed by atoms with Crippen LogP contribution in [0.15, 0.2) is 32.0 Å². The fourth-order valence-electron chi connectivity index (χ4n) is 2.47. The van der Waals surface area contributed by atoms with E-state index in [0.717, 1.165) is 23.9 Å². The SMILES string of the molecule is CNCC1CCN(S(=O)(=O)c2ccc(Br)cc2Br)CC1. The van der Waals surface area contributed by atoms with Gasteiger partial charge in [-0.3, -0.25) is 0 Å². The van der Waals surface area contributed by atoms with Crippen LogP contribution in [0.2, 0.25) is 0 Å². The van der Waals surface area contributed by atoms with Gasteiger partial charge in [-0.25, -0.2) is 8.42 Å². The maximum atomic E-state index is 12.6. The van der Waals surface area contributed by atoms with Crippen molar-refractivity contribution in [2.75, 3.05) is 26.7 Å². The molecular formula is C13H18Br2N2O2S. The van der Waals surface area contributed by atoms with Gasteiger partial charge in [-0.05, 0) is 66.5 Å². The van der Waals surface area contributed by atoms with Gasteiger partial charge in [0.25, 0.3) is 0 Å². The predicted octanol–water partition coefficient (Wildman–Crippen LogP) is 2.83. The minimum Gasteiger partial charge on any atom is -0.319 e. The van der Waals surface area contributed by atoms with Gasteiger partial charge in [0.1, 0.15) is 0 Å². The van der Waals surface area contributed by atoms with Gasteiger partial charge < -0.3 is 5.32 Å². The van der Waals surface area contributed by atoms with Crippen LogP contribution < -0.4 is 5.32 Å². The highest BCUT2D eigenvalue weighted by Gasteiger charge is 2.30. The van der Waals surface area contributed by atoms with Gasteiger partial charge in [-0.1, -0.05) is 15.9 Å². The Hall–Kier alpha value is 0.0500. The first-order valence-electron chi connectivity index (χ1n) is 6.55. The van der Waals surface area contributed by atoms with Gasteiger partial charge in [0.05, 0.1) is 4.90 Å². The lowest BCUT2D eigenvalue weighted by molar-refractivity contribution is 0.270. The second kappa shape index (κ2) is 6.87. The van der Waals surface area contributed by atoms with E-state index >= 15 is 0 Å². The zero-order chi connectivity index (χ0) is 14.8. The molecule has 1 aromatic carbocycles. The number of sulfonamides is 1. The quantitative estimate of drug-likeness (QED) is 0.806. The van der Waals surface area contributed by atoms with Crippen molar-refractivity contribution in [2.24, 2.45) is 5.92 Å². The summed E-state index contributed by atoms with van der Waals surface area (Å²) in [5.74, 6) is 0.569. The Bertz CT molecular complexity index is 570. The molecule has 1 N–H and O–H groups in total. The van der Waals surface area contributed by atoms with E-state index in [0.29, 0.717) is 28.4 Å². The van der Waals surface area contributed by atoms with E-state index in [4.69, 9.17) is 0 Å². The van der Waals surface area contributed by atoms with Crippen LogP contribution in [0.25, 0.3) is 0 Å². The summed E-state index contributed by atoms with van der Waals surface area (Å²) in [7, 11) is -1.47. The highest BCUT2D eigenvalue weighted by atomic mass is 79.9. The third-order valence-electron chi connectivity index (χ3n) is 3.58. The highest BCUT2D eigenvalue weighted by molar-refractivity contribution is 9.11. The van der Waals surface area contributed by atoms with Crippen LogP contribution in [-0.2, 0) is 10.0 Å². The van der Waals surface area contributed by atoms with E-state index in [1.807, 2.05) is 7.05 Å². The first kappa shape index (κ1) is 16.4. The number of nitrogens with zero attached hydrogens (tertiary/aromatic N) is 1. The number of nitrogens with one attached hydrogen (secondary N) is 1. The number of benzene rings is 1. The summed E-state index contributed by atoms with van der Waals surface area (Å²) < 4.78 is 28.3. The average molecular weight is 426 g/mol. The van der Waals surface area contributed by atoms with Crippen molar-refractivity contribution in [1.29, 1.82) is 0 Å². The van der Waals surface area contributed by atoms with Crippen molar-refractivity contribution < 1.29 is 8.42 Å². The summed E-state index contributed by atoms with van der Waals surface area (Å²) in [6.45, 7) is 2.14. The summed E-state index contributed by atoms with van der Waals surface area (Å²) in [6.07, 6.45) is 1.82. The molecule has 1 saturated heterocycles. The zero-order valence-corrected chi connectivity index (χ0v) is 15.3. The van der Waals surface area contributed by atoms with Crippen molar-refractivity contribution >= 4 is 41.9 Å². The molecule has 0 spiro atoms. The predicted molar refractivity (Wildman–Crippen MR) is 87.3 cm³/mol. The van der Waals surface area contributed by atoms with Crippen LogP contribution in [0.4, 0.5) is 0 Å². The van der Waals surface area contributed by atoms with Crippen LogP contribution in [0.5, 0.6) is 0 Å². The normalized spacial score (nSPS) is 18.4. The van der Waals surface area contributed by atoms with Crippen LogP contribution in [0.1, 0.15) is 12.8 Å². The monoisotopic (exact) mass is 424 g/mol. The molecule has 112 valence electrons. The summed E-state index contributed by atoms with van der Waals surface area (Å²) in [4.78, 5) is 0.341. The molecule has 20 heavy (non-hydrogen) atoms. The van der Waals surface area contributed by atoms with Gasteiger partial charge in [-0.2, -0.15) is 4.31 Å². The number of hydrogen-bond donors (Lipinski definition) is 1. The molecule has 0 aromatic heterocycles. The third-order valence-corrected chi connectivity index (χ3v) is 6.95. The Balaban J connectivity index is 2.15. The Morgan fingerprint density at radius 1 is 1.30 bits per heavy atom. The topological polar surface area (TPSA) is 49.4 Å². The number of piperidine rings is 1.